The van der Waals surface area contributed by atoms with E-state index in [9.17, 15) is 18.4 Å². The summed E-state index contributed by atoms with van der Waals surface area (Å²) in [5.74, 6) is -0.971. The number of halogens is 2. The van der Waals surface area contributed by atoms with Gasteiger partial charge in [-0.2, -0.15) is 8.78 Å². The number of thiazole rings is 1. The first-order chi connectivity index (χ1) is 13.4. The van der Waals surface area contributed by atoms with E-state index >= 15 is 0 Å². The first-order valence-electron chi connectivity index (χ1n) is 8.11. The Morgan fingerprint density at radius 1 is 1.07 bits per heavy atom. The van der Waals surface area contributed by atoms with Crippen molar-refractivity contribution in [3.05, 3.63) is 59.5 Å². The van der Waals surface area contributed by atoms with Crippen LogP contribution in [0, 0.1) is 0 Å². The minimum atomic E-state index is -3.03. The fourth-order valence-electron chi connectivity index (χ4n) is 2.41. The second-order valence-corrected chi connectivity index (χ2v) is 6.48. The largest absolute Gasteiger partial charge is 0.434 e. The number of aromatic nitrogens is 1. The number of amides is 2. The zero-order valence-electron chi connectivity index (χ0n) is 14.6. The lowest BCUT2D eigenvalue weighted by molar-refractivity contribution is -0.114. The maximum atomic E-state index is 12.5. The van der Waals surface area contributed by atoms with Crippen LogP contribution in [0.1, 0.15) is 17.3 Å². The van der Waals surface area contributed by atoms with Gasteiger partial charge in [-0.3, -0.25) is 14.9 Å². The summed E-state index contributed by atoms with van der Waals surface area (Å²) in [7, 11) is 0. The van der Waals surface area contributed by atoms with Gasteiger partial charge in [-0.1, -0.05) is 24.3 Å². The number of nitrogens with zero attached hydrogens (tertiary/aromatic N) is 1. The summed E-state index contributed by atoms with van der Waals surface area (Å²) >= 11 is 1.20. The molecule has 9 heteroatoms. The fraction of sp³-hybridized carbons (Fsp3) is 0.105. The molecule has 0 unspecified atom stereocenters. The molecule has 0 fully saturated rings. The molecular weight excluding hydrogens is 388 g/mol. The van der Waals surface area contributed by atoms with Crippen LogP contribution in [0.4, 0.5) is 19.6 Å². The summed E-state index contributed by atoms with van der Waals surface area (Å²) in [6.45, 7) is -1.60. The lowest BCUT2D eigenvalue weighted by atomic mass is 10.1. The lowest BCUT2D eigenvalue weighted by Crippen LogP contribution is -2.14. The molecule has 6 nitrogen and oxygen atoms in total. The van der Waals surface area contributed by atoms with Gasteiger partial charge in [-0.25, -0.2) is 4.98 Å². The Morgan fingerprint density at radius 3 is 2.46 bits per heavy atom. The van der Waals surface area contributed by atoms with Gasteiger partial charge in [0.2, 0.25) is 5.91 Å². The molecule has 0 aliphatic heterocycles. The third-order valence-electron chi connectivity index (χ3n) is 3.57. The Kier molecular flexibility index (Phi) is 5.95. The number of ether oxygens (including phenoxy) is 1. The highest BCUT2D eigenvalue weighted by Crippen LogP contribution is 2.27. The van der Waals surface area contributed by atoms with Crippen molar-refractivity contribution in [3.63, 3.8) is 0 Å². The molecule has 0 spiro atoms. The zero-order chi connectivity index (χ0) is 20.1. The van der Waals surface area contributed by atoms with Crippen LogP contribution in [0.25, 0.3) is 11.3 Å². The van der Waals surface area contributed by atoms with Crippen LogP contribution in [0.2, 0.25) is 0 Å². The zero-order valence-corrected chi connectivity index (χ0v) is 15.4. The van der Waals surface area contributed by atoms with E-state index < -0.39 is 12.5 Å². The maximum Gasteiger partial charge on any atom is 0.387 e. The van der Waals surface area contributed by atoms with Crippen LogP contribution in [-0.2, 0) is 4.79 Å². The van der Waals surface area contributed by atoms with Gasteiger partial charge >= 0.3 is 6.61 Å². The molecule has 1 heterocycles. The van der Waals surface area contributed by atoms with Crippen molar-refractivity contribution in [2.45, 2.75) is 13.5 Å². The monoisotopic (exact) mass is 403 g/mol. The Labute approximate surface area is 163 Å². The molecule has 1 aromatic heterocycles. The van der Waals surface area contributed by atoms with Crippen LogP contribution >= 0.6 is 11.3 Å². The number of nitrogens with one attached hydrogen (secondary N) is 2. The van der Waals surface area contributed by atoms with Gasteiger partial charge in [-0.05, 0) is 24.3 Å². The number of hydrogen-bond donors (Lipinski definition) is 2. The standard InChI is InChI=1S/C19H15F2N3O3S/c1-11(25)22-13-8-6-12(7-9-13)15-10-28-19(23-15)24-17(26)14-4-2-3-5-16(14)27-18(20)21/h2-10,18H,1H3,(H,22,25)(H,23,24,26). The molecular formula is C19H15F2N3O3S. The van der Waals surface area contributed by atoms with E-state index in [2.05, 4.69) is 20.4 Å². The number of hydrogen-bond acceptors (Lipinski definition) is 5. The van der Waals surface area contributed by atoms with E-state index in [0.717, 1.165) is 5.56 Å². The second kappa shape index (κ2) is 8.57. The Morgan fingerprint density at radius 2 is 1.79 bits per heavy atom. The van der Waals surface area contributed by atoms with E-state index in [-0.39, 0.29) is 17.2 Å². The molecule has 0 aliphatic carbocycles. The van der Waals surface area contributed by atoms with Gasteiger partial charge in [0.25, 0.3) is 5.91 Å². The van der Waals surface area contributed by atoms with Crippen molar-refractivity contribution < 1.29 is 23.1 Å². The number of anilines is 2. The summed E-state index contributed by atoms with van der Waals surface area (Å²) in [5, 5.41) is 7.33. The van der Waals surface area contributed by atoms with Crippen molar-refractivity contribution in [1.29, 1.82) is 0 Å². The Balaban J connectivity index is 1.73. The summed E-state index contributed by atoms with van der Waals surface area (Å²) in [6.07, 6.45) is 0. The molecule has 2 aromatic carbocycles. The average molecular weight is 403 g/mol. The number of carbonyl (C=O) groups is 2. The van der Waals surface area contributed by atoms with Crippen LogP contribution < -0.4 is 15.4 Å². The molecule has 0 saturated heterocycles. The molecule has 0 saturated carbocycles. The SMILES string of the molecule is CC(=O)Nc1ccc(-c2csc(NC(=O)c3ccccc3OC(F)F)n2)cc1. The summed E-state index contributed by atoms with van der Waals surface area (Å²) in [5.41, 5.74) is 2.08. The van der Waals surface area contributed by atoms with Gasteiger partial charge in [-0.15, -0.1) is 11.3 Å². The molecule has 0 bridgehead atoms. The number of alkyl halides is 2. The van der Waals surface area contributed by atoms with E-state index in [1.165, 1.54) is 36.5 Å². The van der Waals surface area contributed by atoms with E-state index in [0.29, 0.717) is 16.5 Å². The van der Waals surface area contributed by atoms with Crippen molar-refractivity contribution >= 4 is 34.0 Å². The lowest BCUT2D eigenvalue weighted by Gasteiger charge is -2.09. The van der Waals surface area contributed by atoms with Crippen LogP contribution in [0.15, 0.2) is 53.9 Å². The van der Waals surface area contributed by atoms with Gasteiger partial charge in [0.05, 0.1) is 11.3 Å². The van der Waals surface area contributed by atoms with Gasteiger partial charge < -0.3 is 10.1 Å². The van der Waals surface area contributed by atoms with Gasteiger partial charge in [0, 0.05) is 23.6 Å². The Hall–Kier alpha value is -3.33. The predicted molar refractivity (Wildman–Crippen MR) is 103 cm³/mol. The number of benzene rings is 2. The molecule has 0 aliphatic rings. The van der Waals surface area contributed by atoms with E-state index in [4.69, 9.17) is 0 Å². The molecule has 2 amide bonds. The van der Waals surface area contributed by atoms with Crippen LogP contribution in [0.5, 0.6) is 5.75 Å². The topological polar surface area (TPSA) is 80.3 Å². The van der Waals surface area contributed by atoms with Gasteiger partial charge in [0.1, 0.15) is 5.75 Å². The van der Waals surface area contributed by atoms with E-state index in [1.54, 1.807) is 35.7 Å². The molecule has 0 radical (unpaired) electrons. The minimum absolute atomic E-state index is 0.0146. The van der Waals surface area contributed by atoms with Gasteiger partial charge in [0.15, 0.2) is 5.13 Å². The molecule has 144 valence electrons. The highest BCUT2D eigenvalue weighted by molar-refractivity contribution is 7.14. The summed E-state index contributed by atoms with van der Waals surface area (Å²) in [4.78, 5) is 27.8. The summed E-state index contributed by atoms with van der Waals surface area (Å²) < 4.78 is 29.4. The molecule has 3 rings (SSSR count). The smallest absolute Gasteiger partial charge is 0.387 e. The predicted octanol–water partition coefficient (Wildman–Crippen LogP) is 4.62. The van der Waals surface area contributed by atoms with Crippen molar-refractivity contribution in [3.8, 4) is 17.0 Å². The molecule has 28 heavy (non-hydrogen) atoms. The minimum Gasteiger partial charge on any atom is -0.434 e. The third kappa shape index (κ3) is 4.89. The fourth-order valence-corrected chi connectivity index (χ4v) is 3.12. The second-order valence-electron chi connectivity index (χ2n) is 5.63. The summed E-state index contributed by atoms with van der Waals surface area (Å²) in [6, 6.07) is 12.8. The first kappa shape index (κ1) is 19.4. The third-order valence-corrected chi connectivity index (χ3v) is 4.33. The number of para-hydroxylation sites is 1. The van der Waals surface area contributed by atoms with Crippen LogP contribution in [0.3, 0.4) is 0 Å². The van der Waals surface area contributed by atoms with Crippen molar-refractivity contribution in [2.75, 3.05) is 10.6 Å². The number of carbonyl (C=O) groups excluding carboxylic acids is 2. The molecule has 2 N–H and O–H groups in total. The maximum absolute atomic E-state index is 12.5. The highest BCUT2D eigenvalue weighted by atomic mass is 32.1. The molecule has 3 aromatic rings. The normalized spacial score (nSPS) is 10.6. The number of rotatable bonds is 6. The average Bonchev–Trinajstić information content (AvgIpc) is 3.10. The molecule has 0 atom stereocenters. The van der Waals surface area contributed by atoms with Crippen LogP contribution in [-0.4, -0.2) is 23.4 Å². The van der Waals surface area contributed by atoms with E-state index in [1.807, 2.05) is 0 Å². The van der Waals surface area contributed by atoms with Crippen molar-refractivity contribution in [1.82, 2.24) is 4.98 Å². The quantitative estimate of drug-likeness (QED) is 0.629. The first-order valence-corrected chi connectivity index (χ1v) is 8.99. The van der Waals surface area contributed by atoms with Crippen molar-refractivity contribution in [2.24, 2.45) is 0 Å². The Bertz CT molecular complexity index is 990. The highest BCUT2D eigenvalue weighted by Gasteiger charge is 2.16.